The summed E-state index contributed by atoms with van der Waals surface area (Å²) in [6.07, 6.45) is 5.61. The minimum absolute atomic E-state index is 0.589. The van der Waals surface area contributed by atoms with E-state index in [9.17, 15) is 0 Å². The van der Waals surface area contributed by atoms with Crippen molar-refractivity contribution >= 4 is 11.8 Å². The van der Waals surface area contributed by atoms with Crippen LogP contribution in [0.4, 0.5) is 0 Å². The third kappa shape index (κ3) is 3.27. The average Bonchev–Trinajstić information content (AvgIpc) is 2.83. The predicted octanol–water partition coefficient (Wildman–Crippen LogP) is 3.23. The van der Waals surface area contributed by atoms with Gasteiger partial charge < -0.3 is 5.32 Å². The predicted molar refractivity (Wildman–Crippen MR) is 80.4 cm³/mol. The maximum atomic E-state index is 4.63. The van der Waals surface area contributed by atoms with Gasteiger partial charge in [0.05, 0.1) is 0 Å². The molecule has 0 spiro atoms. The SMILES string of the molecule is CCCNC(CSCC)C1CCc2cccnc21. The summed E-state index contributed by atoms with van der Waals surface area (Å²) in [5, 5.41) is 3.73. The molecule has 1 N–H and O–H groups in total. The van der Waals surface area contributed by atoms with Crippen molar-refractivity contribution in [1.29, 1.82) is 0 Å². The van der Waals surface area contributed by atoms with Crippen LogP contribution in [-0.2, 0) is 6.42 Å². The van der Waals surface area contributed by atoms with Crippen molar-refractivity contribution in [3.05, 3.63) is 29.6 Å². The van der Waals surface area contributed by atoms with Crippen LogP contribution in [-0.4, -0.2) is 29.1 Å². The van der Waals surface area contributed by atoms with Crippen molar-refractivity contribution in [2.45, 2.75) is 45.1 Å². The zero-order valence-electron chi connectivity index (χ0n) is 11.5. The molecule has 1 aliphatic carbocycles. The van der Waals surface area contributed by atoms with Crippen molar-refractivity contribution < 1.29 is 0 Å². The number of thioether (sulfide) groups is 1. The minimum atomic E-state index is 0.589. The van der Waals surface area contributed by atoms with Crippen LogP contribution in [0.15, 0.2) is 18.3 Å². The van der Waals surface area contributed by atoms with E-state index in [4.69, 9.17) is 0 Å². The molecule has 0 amide bonds. The average molecular weight is 264 g/mol. The molecule has 2 unspecified atom stereocenters. The fraction of sp³-hybridized carbons (Fsp3) is 0.667. The number of nitrogens with one attached hydrogen (secondary N) is 1. The van der Waals surface area contributed by atoms with Crippen molar-refractivity contribution in [3.8, 4) is 0 Å². The summed E-state index contributed by atoms with van der Waals surface area (Å²) in [6.45, 7) is 5.59. The summed E-state index contributed by atoms with van der Waals surface area (Å²) in [5.74, 6) is 3.02. The second kappa shape index (κ2) is 7.15. The quantitative estimate of drug-likeness (QED) is 0.818. The highest BCUT2D eigenvalue weighted by molar-refractivity contribution is 7.99. The maximum absolute atomic E-state index is 4.63. The molecule has 0 fully saturated rings. The summed E-state index contributed by atoms with van der Waals surface area (Å²) >= 11 is 2.04. The molecule has 0 aliphatic heterocycles. The molecule has 0 aromatic carbocycles. The fourth-order valence-corrected chi connectivity index (χ4v) is 3.57. The van der Waals surface area contributed by atoms with Crippen LogP contribution < -0.4 is 5.32 Å². The molecule has 0 saturated heterocycles. The lowest BCUT2D eigenvalue weighted by atomic mass is 9.98. The van der Waals surface area contributed by atoms with E-state index in [2.05, 4.69) is 36.3 Å². The van der Waals surface area contributed by atoms with Gasteiger partial charge in [0.15, 0.2) is 0 Å². The van der Waals surface area contributed by atoms with Crippen LogP contribution in [0.5, 0.6) is 0 Å². The second-order valence-electron chi connectivity index (χ2n) is 4.91. The van der Waals surface area contributed by atoms with Gasteiger partial charge in [0.25, 0.3) is 0 Å². The normalized spacial score (nSPS) is 19.8. The van der Waals surface area contributed by atoms with E-state index in [1.165, 1.54) is 42.0 Å². The van der Waals surface area contributed by atoms with Gasteiger partial charge in [-0.05, 0) is 43.2 Å². The number of hydrogen-bond donors (Lipinski definition) is 1. The van der Waals surface area contributed by atoms with Crippen LogP contribution in [0, 0.1) is 0 Å². The molecule has 1 aromatic heterocycles. The Morgan fingerprint density at radius 2 is 2.39 bits per heavy atom. The lowest BCUT2D eigenvalue weighted by Gasteiger charge is -2.24. The highest BCUT2D eigenvalue weighted by Crippen LogP contribution is 2.34. The summed E-state index contributed by atoms with van der Waals surface area (Å²) in [4.78, 5) is 4.63. The van der Waals surface area contributed by atoms with Gasteiger partial charge >= 0.3 is 0 Å². The van der Waals surface area contributed by atoms with Gasteiger partial charge in [-0.1, -0.05) is 19.9 Å². The van der Waals surface area contributed by atoms with Crippen LogP contribution in [0.2, 0.25) is 0 Å². The zero-order valence-corrected chi connectivity index (χ0v) is 12.3. The van der Waals surface area contributed by atoms with Crippen LogP contribution >= 0.6 is 11.8 Å². The number of fused-ring (bicyclic) bond motifs is 1. The van der Waals surface area contributed by atoms with Crippen molar-refractivity contribution in [1.82, 2.24) is 10.3 Å². The smallest absolute Gasteiger partial charge is 0.0482 e. The summed E-state index contributed by atoms with van der Waals surface area (Å²) < 4.78 is 0. The molecule has 1 heterocycles. The van der Waals surface area contributed by atoms with Gasteiger partial charge in [0.1, 0.15) is 0 Å². The second-order valence-corrected chi connectivity index (χ2v) is 6.23. The first-order valence-corrected chi connectivity index (χ1v) is 8.27. The highest BCUT2D eigenvalue weighted by Gasteiger charge is 2.30. The number of nitrogens with zero attached hydrogens (tertiary/aromatic N) is 1. The molecule has 2 nitrogen and oxygen atoms in total. The lowest BCUT2D eigenvalue weighted by Crippen LogP contribution is -2.37. The van der Waals surface area contributed by atoms with E-state index in [-0.39, 0.29) is 0 Å². The van der Waals surface area contributed by atoms with Gasteiger partial charge in [0, 0.05) is 29.6 Å². The topological polar surface area (TPSA) is 24.9 Å². The van der Waals surface area contributed by atoms with Crippen LogP contribution in [0.25, 0.3) is 0 Å². The summed E-state index contributed by atoms with van der Waals surface area (Å²) in [5.41, 5.74) is 2.81. The van der Waals surface area contributed by atoms with E-state index in [1.54, 1.807) is 0 Å². The first-order valence-electron chi connectivity index (χ1n) is 7.11. The largest absolute Gasteiger partial charge is 0.312 e. The standard InChI is InChI=1S/C15H24N2S/c1-3-9-16-14(11-18-4-2)13-8-7-12-6-5-10-17-15(12)13/h5-6,10,13-14,16H,3-4,7-9,11H2,1-2H3. The Balaban J connectivity index is 2.06. The molecule has 0 bridgehead atoms. The first kappa shape index (κ1) is 13.9. The van der Waals surface area contributed by atoms with Gasteiger partial charge in [-0.25, -0.2) is 0 Å². The Hall–Kier alpha value is -0.540. The zero-order chi connectivity index (χ0) is 12.8. The van der Waals surface area contributed by atoms with Crippen molar-refractivity contribution in [2.75, 3.05) is 18.1 Å². The van der Waals surface area contributed by atoms with Crippen molar-refractivity contribution in [2.24, 2.45) is 0 Å². The summed E-state index contributed by atoms with van der Waals surface area (Å²) in [7, 11) is 0. The van der Waals surface area contributed by atoms with Crippen molar-refractivity contribution in [3.63, 3.8) is 0 Å². The van der Waals surface area contributed by atoms with Crippen LogP contribution in [0.1, 0.15) is 43.9 Å². The third-order valence-corrected chi connectivity index (χ3v) is 4.65. The Morgan fingerprint density at radius 3 is 3.17 bits per heavy atom. The highest BCUT2D eigenvalue weighted by atomic mass is 32.2. The molecule has 0 radical (unpaired) electrons. The van der Waals surface area contributed by atoms with Crippen LogP contribution in [0.3, 0.4) is 0 Å². The number of aryl methyl sites for hydroxylation is 1. The van der Waals surface area contributed by atoms with E-state index in [1.807, 2.05) is 18.0 Å². The Bertz CT molecular complexity index is 359. The number of rotatable bonds is 7. The molecule has 2 rings (SSSR count). The fourth-order valence-electron chi connectivity index (χ4n) is 2.73. The molecular weight excluding hydrogens is 240 g/mol. The minimum Gasteiger partial charge on any atom is -0.312 e. The van der Waals surface area contributed by atoms with Gasteiger partial charge in [0.2, 0.25) is 0 Å². The Labute approximate surface area is 115 Å². The molecule has 3 heteroatoms. The molecular formula is C15H24N2S. The number of hydrogen-bond acceptors (Lipinski definition) is 3. The van der Waals surface area contributed by atoms with Gasteiger partial charge in [-0.3, -0.25) is 4.98 Å². The third-order valence-electron chi connectivity index (χ3n) is 3.65. The number of aromatic nitrogens is 1. The lowest BCUT2D eigenvalue weighted by molar-refractivity contribution is 0.457. The Kier molecular flexibility index (Phi) is 5.51. The number of pyridine rings is 1. The maximum Gasteiger partial charge on any atom is 0.0482 e. The summed E-state index contributed by atoms with van der Waals surface area (Å²) in [6, 6.07) is 4.90. The van der Waals surface area contributed by atoms with Gasteiger partial charge in [-0.2, -0.15) is 11.8 Å². The molecule has 1 aromatic rings. The molecule has 100 valence electrons. The molecule has 1 aliphatic rings. The van der Waals surface area contributed by atoms with E-state index < -0.39 is 0 Å². The molecule has 18 heavy (non-hydrogen) atoms. The van der Waals surface area contributed by atoms with Gasteiger partial charge in [-0.15, -0.1) is 0 Å². The van der Waals surface area contributed by atoms with E-state index >= 15 is 0 Å². The first-order chi connectivity index (χ1) is 8.86. The van der Waals surface area contributed by atoms with E-state index in [0.717, 1.165) is 6.54 Å². The monoisotopic (exact) mass is 264 g/mol. The van der Waals surface area contributed by atoms with E-state index in [0.29, 0.717) is 12.0 Å². The molecule has 2 atom stereocenters. The Morgan fingerprint density at radius 1 is 1.50 bits per heavy atom. The molecule has 0 saturated carbocycles.